The molecular formula is C17H28ClN3O3S. The number of rotatable bonds is 6. The minimum absolute atomic E-state index is 0. The maximum atomic E-state index is 12.6. The number of nitrogens with one attached hydrogen (secondary N) is 2. The van der Waals surface area contributed by atoms with E-state index in [1.165, 1.54) is 16.4 Å². The van der Waals surface area contributed by atoms with Crippen molar-refractivity contribution >= 4 is 28.3 Å². The molecule has 1 fully saturated rings. The van der Waals surface area contributed by atoms with Gasteiger partial charge in [-0.05, 0) is 44.5 Å². The van der Waals surface area contributed by atoms with Crippen molar-refractivity contribution in [2.45, 2.75) is 50.6 Å². The molecule has 0 spiro atoms. The summed E-state index contributed by atoms with van der Waals surface area (Å²) < 4.78 is 26.6. The summed E-state index contributed by atoms with van der Waals surface area (Å²) >= 11 is 0. The van der Waals surface area contributed by atoms with Crippen LogP contribution in [-0.2, 0) is 10.0 Å². The van der Waals surface area contributed by atoms with Crippen LogP contribution in [0.15, 0.2) is 29.2 Å². The highest BCUT2D eigenvalue weighted by Crippen LogP contribution is 2.17. The third-order valence-electron chi connectivity index (χ3n) is 4.40. The number of sulfonamides is 1. The van der Waals surface area contributed by atoms with E-state index in [4.69, 9.17) is 0 Å². The molecule has 2 rings (SSSR count). The first-order valence-corrected chi connectivity index (χ1v) is 9.97. The third kappa shape index (κ3) is 5.41. The molecule has 0 bridgehead atoms. The fourth-order valence-corrected chi connectivity index (χ4v) is 4.55. The predicted molar refractivity (Wildman–Crippen MR) is 102 cm³/mol. The zero-order valence-electron chi connectivity index (χ0n) is 15.0. The first kappa shape index (κ1) is 21.9. The van der Waals surface area contributed by atoms with Crippen LogP contribution in [0.2, 0.25) is 0 Å². The Bertz CT molecular complexity index is 677. The molecule has 142 valence electrons. The highest BCUT2D eigenvalue weighted by Gasteiger charge is 2.24. The van der Waals surface area contributed by atoms with Gasteiger partial charge in [-0.3, -0.25) is 4.79 Å². The van der Waals surface area contributed by atoms with Crippen molar-refractivity contribution in [1.29, 1.82) is 0 Å². The average Bonchev–Trinajstić information content (AvgIpc) is 2.56. The van der Waals surface area contributed by atoms with Crippen LogP contribution in [0.1, 0.15) is 44.0 Å². The van der Waals surface area contributed by atoms with Crippen molar-refractivity contribution in [3.8, 4) is 0 Å². The Hall–Kier alpha value is -1.15. The Morgan fingerprint density at radius 3 is 2.60 bits per heavy atom. The van der Waals surface area contributed by atoms with E-state index in [0.717, 1.165) is 19.4 Å². The Labute approximate surface area is 156 Å². The second kappa shape index (κ2) is 9.52. The largest absolute Gasteiger partial charge is 0.349 e. The molecule has 8 heteroatoms. The normalized spacial score (nSPS) is 20.8. The van der Waals surface area contributed by atoms with Gasteiger partial charge < -0.3 is 10.6 Å². The fourth-order valence-electron chi connectivity index (χ4n) is 3.04. The van der Waals surface area contributed by atoms with E-state index in [2.05, 4.69) is 17.6 Å². The molecule has 6 nitrogen and oxygen atoms in total. The molecule has 0 radical (unpaired) electrons. The number of carbonyl (C=O) groups is 1. The zero-order chi connectivity index (χ0) is 17.7. The van der Waals surface area contributed by atoms with E-state index in [-0.39, 0.29) is 29.3 Å². The van der Waals surface area contributed by atoms with E-state index in [9.17, 15) is 13.2 Å². The number of piperidine rings is 1. The summed E-state index contributed by atoms with van der Waals surface area (Å²) in [6.07, 6.45) is 1.76. The van der Waals surface area contributed by atoms with Gasteiger partial charge in [-0.2, -0.15) is 4.31 Å². The van der Waals surface area contributed by atoms with Crippen molar-refractivity contribution in [2.75, 3.05) is 19.6 Å². The summed E-state index contributed by atoms with van der Waals surface area (Å²) in [5, 5.41) is 6.36. The summed E-state index contributed by atoms with van der Waals surface area (Å²) in [5.74, 6) is -0.217. The second-order valence-electron chi connectivity index (χ2n) is 6.17. The lowest BCUT2D eigenvalue weighted by Gasteiger charge is -2.28. The highest BCUT2D eigenvalue weighted by molar-refractivity contribution is 7.89. The minimum Gasteiger partial charge on any atom is -0.349 e. The van der Waals surface area contributed by atoms with Crippen LogP contribution >= 0.6 is 12.4 Å². The van der Waals surface area contributed by atoms with Crippen LogP contribution in [0.4, 0.5) is 0 Å². The maximum absolute atomic E-state index is 12.6. The fraction of sp³-hybridized carbons (Fsp3) is 0.588. The molecule has 1 saturated heterocycles. The molecule has 0 saturated carbocycles. The standard InChI is InChI=1S/C17H27N3O3S.ClH/c1-4-20(5-2)24(22,23)16-8-6-7-14(12-16)17(21)19-15-9-10-18-13(3)11-15;/h6-8,12-13,15,18H,4-5,9-11H2,1-3H3,(H,19,21);1H. The van der Waals surface area contributed by atoms with E-state index in [1.54, 1.807) is 26.0 Å². The molecule has 1 aliphatic rings. The minimum atomic E-state index is -3.56. The van der Waals surface area contributed by atoms with E-state index < -0.39 is 10.0 Å². The van der Waals surface area contributed by atoms with Crippen LogP contribution in [0.5, 0.6) is 0 Å². The summed E-state index contributed by atoms with van der Waals surface area (Å²) in [4.78, 5) is 12.6. The Kier molecular flexibility index (Phi) is 8.34. The molecule has 2 unspecified atom stereocenters. The molecule has 0 aromatic heterocycles. The van der Waals surface area contributed by atoms with Crippen molar-refractivity contribution in [3.05, 3.63) is 29.8 Å². The molecule has 1 aromatic carbocycles. The lowest BCUT2D eigenvalue weighted by molar-refractivity contribution is 0.0925. The Morgan fingerprint density at radius 1 is 1.32 bits per heavy atom. The summed E-state index contributed by atoms with van der Waals surface area (Å²) in [6.45, 7) is 7.38. The summed E-state index contributed by atoms with van der Waals surface area (Å²) in [6, 6.07) is 6.78. The molecule has 25 heavy (non-hydrogen) atoms. The van der Waals surface area contributed by atoms with Gasteiger partial charge in [0, 0.05) is 30.7 Å². The number of hydrogen-bond acceptors (Lipinski definition) is 4. The van der Waals surface area contributed by atoms with Crippen LogP contribution in [0.3, 0.4) is 0 Å². The van der Waals surface area contributed by atoms with Crippen LogP contribution < -0.4 is 10.6 Å². The third-order valence-corrected chi connectivity index (χ3v) is 6.44. The number of carbonyl (C=O) groups excluding carboxylic acids is 1. The monoisotopic (exact) mass is 389 g/mol. The number of amides is 1. The van der Waals surface area contributed by atoms with Crippen molar-refractivity contribution < 1.29 is 13.2 Å². The van der Waals surface area contributed by atoms with Gasteiger partial charge >= 0.3 is 0 Å². The molecular weight excluding hydrogens is 362 g/mol. The van der Waals surface area contributed by atoms with Crippen molar-refractivity contribution in [3.63, 3.8) is 0 Å². The van der Waals surface area contributed by atoms with Gasteiger partial charge in [-0.1, -0.05) is 19.9 Å². The van der Waals surface area contributed by atoms with Gasteiger partial charge in [-0.15, -0.1) is 12.4 Å². The number of hydrogen-bond donors (Lipinski definition) is 2. The van der Waals surface area contributed by atoms with E-state index in [0.29, 0.717) is 24.7 Å². The molecule has 1 aromatic rings. The van der Waals surface area contributed by atoms with Gasteiger partial charge in [0.05, 0.1) is 4.90 Å². The molecule has 0 aliphatic carbocycles. The molecule has 2 N–H and O–H groups in total. The smallest absolute Gasteiger partial charge is 0.251 e. The summed E-state index contributed by atoms with van der Waals surface area (Å²) in [5.41, 5.74) is 0.384. The summed E-state index contributed by atoms with van der Waals surface area (Å²) in [7, 11) is -3.56. The zero-order valence-corrected chi connectivity index (χ0v) is 16.6. The molecule has 2 atom stereocenters. The topological polar surface area (TPSA) is 78.5 Å². The van der Waals surface area contributed by atoms with Gasteiger partial charge in [0.15, 0.2) is 0 Å². The van der Waals surface area contributed by atoms with Gasteiger partial charge in [0.1, 0.15) is 0 Å². The van der Waals surface area contributed by atoms with Gasteiger partial charge in [-0.25, -0.2) is 8.42 Å². The number of benzene rings is 1. The number of nitrogens with zero attached hydrogens (tertiary/aromatic N) is 1. The highest BCUT2D eigenvalue weighted by atomic mass is 35.5. The van der Waals surface area contributed by atoms with Crippen molar-refractivity contribution in [2.24, 2.45) is 0 Å². The average molecular weight is 390 g/mol. The van der Waals surface area contributed by atoms with Crippen LogP contribution in [-0.4, -0.2) is 50.3 Å². The lowest BCUT2D eigenvalue weighted by Crippen LogP contribution is -2.46. The maximum Gasteiger partial charge on any atom is 0.251 e. The van der Waals surface area contributed by atoms with Gasteiger partial charge in [0.2, 0.25) is 10.0 Å². The predicted octanol–water partition coefficient (Wildman–Crippen LogP) is 2.01. The Balaban J connectivity index is 0.00000312. The van der Waals surface area contributed by atoms with Crippen LogP contribution in [0.25, 0.3) is 0 Å². The SMILES string of the molecule is CCN(CC)S(=O)(=O)c1cccc(C(=O)NC2CCNC(C)C2)c1.Cl. The Morgan fingerprint density at radius 2 is 2.00 bits per heavy atom. The number of halogens is 1. The van der Waals surface area contributed by atoms with E-state index >= 15 is 0 Å². The lowest BCUT2D eigenvalue weighted by atomic mass is 10.0. The molecule has 1 amide bonds. The molecule has 1 heterocycles. The second-order valence-corrected chi connectivity index (χ2v) is 8.11. The quantitative estimate of drug-likeness (QED) is 0.780. The van der Waals surface area contributed by atoms with Gasteiger partial charge in [0.25, 0.3) is 5.91 Å². The van der Waals surface area contributed by atoms with Crippen molar-refractivity contribution in [1.82, 2.24) is 14.9 Å². The first-order valence-electron chi connectivity index (χ1n) is 8.53. The first-order chi connectivity index (χ1) is 11.4. The van der Waals surface area contributed by atoms with E-state index in [1.807, 2.05) is 0 Å². The van der Waals surface area contributed by atoms with Crippen LogP contribution in [0, 0.1) is 0 Å². The molecule has 1 aliphatic heterocycles.